The topological polar surface area (TPSA) is 76.1 Å². The molecule has 1 aliphatic rings. The number of amides is 1. The number of hydrogen-bond acceptors (Lipinski definition) is 4. The van der Waals surface area contributed by atoms with Crippen LogP contribution < -0.4 is 0 Å². The van der Waals surface area contributed by atoms with Gasteiger partial charge in [0.25, 0.3) is 0 Å². The number of rotatable bonds is 6. The second-order valence-corrected chi connectivity index (χ2v) is 6.48. The van der Waals surface area contributed by atoms with E-state index in [0.717, 1.165) is 12.8 Å². The molecule has 0 spiro atoms. The van der Waals surface area contributed by atoms with Gasteiger partial charge in [0, 0.05) is 32.7 Å². The average molecular weight is 301 g/mol. The summed E-state index contributed by atoms with van der Waals surface area (Å²) in [5, 5.41) is 8.52. The highest BCUT2D eigenvalue weighted by Gasteiger charge is 2.26. The third-order valence-corrected chi connectivity index (χ3v) is 3.30. The first-order valence-electron chi connectivity index (χ1n) is 7.55. The number of piperidine rings is 1. The van der Waals surface area contributed by atoms with Crippen LogP contribution >= 0.6 is 0 Å². The van der Waals surface area contributed by atoms with Gasteiger partial charge in [-0.1, -0.05) is 0 Å². The Morgan fingerprint density at radius 3 is 2.38 bits per heavy atom. The summed E-state index contributed by atoms with van der Waals surface area (Å²) in [6, 6.07) is 0. The molecule has 0 aliphatic carbocycles. The molecule has 0 atom stereocenters. The van der Waals surface area contributed by atoms with Crippen molar-refractivity contribution in [3.8, 4) is 0 Å². The van der Waals surface area contributed by atoms with Crippen molar-refractivity contribution in [3.63, 3.8) is 0 Å². The lowest BCUT2D eigenvalue weighted by atomic mass is 9.98. The maximum atomic E-state index is 11.9. The number of carboxylic acid groups (broad SMARTS) is 1. The molecule has 0 aromatic carbocycles. The molecule has 1 aliphatic heterocycles. The highest BCUT2D eigenvalue weighted by molar-refractivity contribution is 5.68. The first kappa shape index (κ1) is 17.8. The number of likely N-dealkylation sites (tertiary alicyclic amines) is 1. The summed E-state index contributed by atoms with van der Waals surface area (Å²) in [6.07, 6.45) is 2.25. The van der Waals surface area contributed by atoms with Gasteiger partial charge in [0.15, 0.2) is 0 Å². The molecule has 1 rings (SSSR count). The molecule has 1 saturated heterocycles. The molecule has 1 heterocycles. The SMILES string of the molecule is CC(C)(C)OC(=O)N1CCC(COCCCC(=O)O)CC1. The van der Waals surface area contributed by atoms with Gasteiger partial charge in [-0.25, -0.2) is 4.79 Å². The zero-order valence-electron chi connectivity index (χ0n) is 13.3. The van der Waals surface area contributed by atoms with Crippen LogP contribution in [0.5, 0.6) is 0 Å². The molecule has 21 heavy (non-hydrogen) atoms. The Kier molecular flexibility index (Phi) is 6.95. The van der Waals surface area contributed by atoms with E-state index in [2.05, 4.69) is 0 Å². The summed E-state index contributed by atoms with van der Waals surface area (Å²) in [5.74, 6) is -0.349. The number of ether oxygens (including phenoxy) is 2. The van der Waals surface area contributed by atoms with E-state index in [1.807, 2.05) is 20.8 Å². The number of aliphatic carboxylic acids is 1. The van der Waals surface area contributed by atoms with E-state index in [4.69, 9.17) is 14.6 Å². The van der Waals surface area contributed by atoms with E-state index in [0.29, 0.717) is 38.6 Å². The van der Waals surface area contributed by atoms with Crippen LogP contribution in [-0.2, 0) is 14.3 Å². The van der Waals surface area contributed by atoms with E-state index in [9.17, 15) is 9.59 Å². The molecule has 0 unspecified atom stereocenters. The van der Waals surface area contributed by atoms with Gasteiger partial charge in [-0.15, -0.1) is 0 Å². The summed E-state index contributed by atoms with van der Waals surface area (Å²) in [5.41, 5.74) is -0.457. The number of carbonyl (C=O) groups excluding carboxylic acids is 1. The lowest BCUT2D eigenvalue weighted by molar-refractivity contribution is -0.137. The Morgan fingerprint density at radius 1 is 1.24 bits per heavy atom. The normalized spacial score (nSPS) is 16.8. The van der Waals surface area contributed by atoms with Crippen molar-refractivity contribution < 1.29 is 24.2 Å². The van der Waals surface area contributed by atoms with Crippen molar-refractivity contribution in [1.29, 1.82) is 0 Å². The van der Waals surface area contributed by atoms with Gasteiger partial charge in [0.1, 0.15) is 5.60 Å². The van der Waals surface area contributed by atoms with Crippen molar-refractivity contribution in [2.75, 3.05) is 26.3 Å². The Morgan fingerprint density at radius 2 is 1.86 bits per heavy atom. The van der Waals surface area contributed by atoms with Crippen molar-refractivity contribution in [1.82, 2.24) is 4.90 Å². The quantitative estimate of drug-likeness (QED) is 0.763. The molecule has 0 radical (unpaired) electrons. The lowest BCUT2D eigenvalue weighted by Crippen LogP contribution is -2.42. The maximum Gasteiger partial charge on any atom is 0.410 e. The molecule has 0 aromatic rings. The van der Waals surface area contributed by atoms with E-state index >= 15 is 0 Å². The predicted molar refractivity (Wildman–Crippen MR) is 78.2 cm³/mol. The van der Waals surface area contributed by atoms with Gasteiger partial charge in [-0.3, -0.25) is 4.79 Å². The fourth-order valence-corrected chi connectivity index (χ4v) is 2.18. The van der Waals surface area contributed by atoms with Crippen LogP contribution in [0.15, 0.2) is 0 Å². The van der Waals surface area contributed by atoms with Crippen LogP contribution in [0.4, 0.5) is 4.79 Å². The summed E-state index contributed by atoms with van der Waals surface area (Å²) in [7, 11) is 0. The Bertz CT molecular complexity index is 342. The van der Waals surface area contributed by atoms with Gasteiger partial charge in [0.05, 0.1) is 0 Å². The second kappa shape index (κ2) is 8.22. The van der Waals surface area contributed by atoms with Gasteiger partial charge >= 0.3 is 12.1 Å². The zero-order chi connectivity index (χ0) is 15.9. The summed E-state index contributed by atoms with van der Waals surface area (Å²) in [6.45, 7) is 8.10. The number of nitrogens with zero attached hydrogens (tertiary/aromatic N) is 1. The summed E-state index contributed by atoms with van der Waals surface area (Å²) >= 11 is 0. The predicted octanol–water partition coefficient (Wildman–Crippen LogP) is 2.51. The molecule has 6 heteroatoms. The number of carbonyl (C=O) groups is 2. The standard InChI is InChI=1S/C15H27NO5/c1-15(2,3)21-14(19)16-8-6-12(7-9-16)11-20-10-4-5-13(17)18/h12H,4-11H2,1-3H3,(H,17,18). The summed E-state index contributed by atoms with van der Waals surface area (Å²) in [4.78, 5) is 24.0. The van der Waals surface area contributed by atoms with Crippen LogP contribution in [0.25, 0.3) is 0 Å². The highest BCUT2D eigenvalue weighted by Crippen LogP contribution is 2.20. The smallest absolute Gasteiger partial charge is 0.410 e. The van der Waals surface area contributed by atoms with Crippen LogP contribution in [0.2, 0.25) is 0 Å². The van der Waals surface area contributed by atoms with Crippen LogP contribution in [-0.4, -0.2) is 54.0 Å². The Balaban J connectivity index is 2.14. The fourth-order valence-electron chi connectivity index (χ4n) is 2.18. The minimum Gasteiger partial charge on any atom is -0.481 e. The fraction of sp³-hybridized carbons (Fsp3) is 0.867. The van der Waals surface area contributed by atoms with Crippen molar-refractivity contribution in [3.05, 3.63) is 0 Å². The highest BCUT2D eigenvalue weighted by atomic mass is 16.6. The zero-order valence-corrected chi connectivity index (χ0v) is 13.3. The van der Waals surface area contributed by atoms with Crippen LogP contribution in [0.3, 0.4) is 0 Å². The van der Waals surface area contributed by atoms with Crippen molar-refractivity contribution in [2.24, 2.45) is 5.92 Å². The second-order valence-electron chi connectivity index (χ2n) is 6.48. The molecular formula is C15H27NO5. The monoisotopic (exact) mass is 301 g/mol. The molecule has 1 amide bonds. The largest absolute Gasteiger partial charge is 0.481 e. The van der Waals surface area contributed by atoms with E-state index in [1.165, 1.54) is 0 Å². The molecule has 122 valence electrons. The van der Waals surface area contributed by atoms with Crippen LogP contribution in [0.1, 0.15) is 46.5 Å². The molecule has 0 saturated carbocycles. The van der Waals surface area contributed by atoms with Gasteiger partial charge in [-0.05, 0) is 46.0 Å². The average Bonchev–Trinajstić information content (AvgIpc) is 2.36. The van der Waals surface area contributed by atoms with Crippen molar-refractivity contribution in [2.45, 2.75) is 52.1 Å². The molecule has 1 N–H and O–H groups in total. The van der Waals surface area contributed by atoms with Crippen LogP contribution in [0, 0.1) is 5.92 Å². The minimum atomic E-state index is -0.788. The third kappa shape index (κ3) is 7.90. The van der Waals surface area contributed by atoms with E-state index in [-0.39, 0.29) is 12.5 Å². The maximum absolute atomic E-state index is 11.9. The van der Waals surface area contributed by atoms with Crippen molar-refractivity contribution >= 4 is 12.1 Å². The third-order valence-electron chi connectivity index (χ3n) is 3.30. The van der Waals surface area contributed by atoms with E-state index < -0.39 is 11.6 Å². The molecule has 1 fully saturated rings. The number of hydrogen-bond donors (Lipinski definition) is 1. The van der Waals surface area contributed by atoms with Gasteiger partial charge in [-0.2, -0.15) is 0 Å². The molecule has 0 aromatic heterocycles. The summed E-state index contributed by atoms with van der Waals surface area (Å²) < 4.78 is 10.8. The lowest BCUT2D eigenvalue weighted by Gasteiger charge is -2.33. The number of carboxylic acids is 1. The first-order valence-corrected chi connectivity index (χ1v) is 7.55. The minimum absolute atomic E-state index is 0.150. The molecule has 0 bridgehead atoms. The first-order chi connectivity index (χ1) is 9.78. The Labute approximate surface area is 126 Å². The molecule has 6 nitrogen and oxygen atoms in total. The van der Waals surface area contributed by atoms with Gasteiger partial charge < -0.3 is 19.5 Å². The van der Waals surface area contributed by atoms with Gasteiger partial charge in [0.2, 0.25) is 0 Å². The molecular weight excluding hydrogens is 274 g/mol. The Hall–Kier alpha value is -1.30. The van der Waals surface area contributed by atoms with E-state index in [1.54, 1.807) is 4.90 Å².